The number of methoxy groups -OCH3 is 1. The van der Waals surface area contributed by atoms with Crippen molar-refractivity contribution >= 4 is 27.6 Å². The SMILES string of the molecule is COC1CCN(CCn2ncc3c(N)nc4cc(-c5cc[nH]n5)ccc4c32)C1. The van der Waals surface area contributed by atoms with Gasteiger partial charge in [-0.15, -0.1) is 0 Å². The van der Waals surface area contributed by atoms with Crippen LogP contribution in [-0.2, 0) is 11.3 Å². The van der Waals surface area contributed by atoms with Gasteiger partial charge < -0.3 is 10.5 Å². The van der Waals surface area contributed by atoms with E-state index < -0.39 is 0 Å². The van der Waals surface area contributed by atoms with E-state index in [2.05, 4.69) is 37.3 Å². The number of rotatable bonds is 5. The van der Waals surface area contributed by atoms with Crippen molar-refractivity contribution in [3.8, 4) is 11.3 Å². The van der Waals surface area contributed by atoms with Gasteiger partial charge in [0.1, 0.15) is 5.82 Å². The third kappa shape index (κ3) is 2.90. The normalized spacial score (nSPS) is 17.8. The Morgan fingerprint density at radius 1 is 1.25 bits per heavy atom. The summed E-state index contributed by atoms with van der Waals surface area (Å²) in [7, 11) is 1.79. The number of nitrogen functional groups attached to an aromatic ring is 1. The highest BCUT2D eigenvalue weighted by Crippen LogP contribution is 2.30. The summed E-state index contributed by atoms with van der Waals surface area (Å²) >= 11 is 0. The molecule has 1 aliphatic rings. The molecule has 0 bridgehead atoms. The lowest BCUT2D eigenvalue weighted by molar-refractivity contribution is 0.107. The number of ether oxygens (including phenoxy) is 1. The van der Waals surface area contributed by atoms with Gasteiger partial charge in [-0.05, 0) is 24.6 Å². The first-order valence-electron chi connectivity index (χ1n) is 9.53. The van der Waals surface area contributed by atoms with E-state index in [0.717, 1.165) is 65.7 Å². The van der Waals surface area contributed by atoms with Gasteiger partial charge in [0.2, 0.25) is 0 Å². The molecule has 0 saturated carbocycles. The number of fused-ring (bicyclic) bond motifs is 3. The maximum Gasteiger partial charge on any atom is 0.135 e. The van der Waals surface area contributed by atoms with Gasteiger partial charge in [-0.2, -0.15) is 10.2 Å². The number of aromatic nitrogens is 5. The van der Waals surface area contributed by atoms with Crippen molar-refractivity contribution in [2.75, 3.05) is 32.5 Å². The molecule has 8 heteroatoms. The van der Waals surface area contributed by atoms with E-state index in [1.807, 2.05) is 29.2 Å². The van der Waals surface area contributed by atoms with Gasteiger partial charge in [-0.3, -0.25) is 14.7 Å². The maximum atomic E-state index is 6.25. The number of nitrogens with zero attached hydrogens (tertiary/aromatic N) is 5. The molecule has 0 radical (unpaired) electrons. The number of H-pyrrole nitrogens is 1. The smallest absolute Gasteiger partial charge is 0.135 e. The molecule has 1 atom stereocenters. The molecule has 1 aromatic carbocycles. The highest BCUT2D eigenvalue weighted by molar-refractivity contribution is 6.08. The Morgan fingerprint density at radius 3 is 2.96 bits per heavy atom. The molecule has 1 aliphatic heterocycles. The number of hydrogen-bond acceptors (Lipinski definition) is 6. The minimum Gasteiger partial charge on any atom is -0.383 e. The second kappa shape index (κ2) is 6.88. The van der Waals surface area contributed by atoms with Gasteiger partial charge in [-0.1, -0.05) is 6.07 Å². The molecule has 1 saturated heterocycles. The van der Waals surface area contributed by atoms with E-state index in [-0.39, 0.29) is 0 Å². The maximum absolute atomic E-state index is 6.25. The zero-order valence-electron chi connectivity index (χ0n) is 15.8. The van der Waals surface area contributed by atoms with Crippen molar-refractivity contribution in [3.05, 3.63) is 36.7 Å². The first-order chi connectivity index (χ1) is 13.7. The Balaban J connectivity index is 1.51. The van der Waals surface area contributed by atoms with E-state index in [1.165, 1.54) is 0 Å². The lowest BCUT2D eigenvalue weighted by atomic mass is 10.1. The molecule has 0 spiro atoms. The summed E-state index contributed by atoms with van der Waals surface area (Å²) in [5.74, 6) is 0.508. The average Bonchev–Trinajstić information content (AvgIpc) is 3.46. The second-order valence-corrected chi connectivity index (χ2v) is 7.27. The highest BCUT2D eigenvalue weighted by atomic mass is 16.5. The predicted molar refractivity (Wildman–Crippen MR) is 109 cm³/mol. The van der Waals surface area contributed by atoms with Gasteiger partial charge in [0, 0.05) is 43.9 Å². The van der Waals surface area contributed by atoms with Crippen LogP contribution in [0, 0.1) is 0 Å². The van der Waals surface area contributed by atoms with Crippen LogP contribution in [0.3, 0.4) is 0 Å². The molecule has 4 aromatic rings. The Hall–Kier alpha value is -2.97. The number of aromatic amines is 1. The summed E-state index contributed by atoms with van der Waals surface area (Å²) in [6.45, 7) is 3.79. The fourth-order valence-corrected chi connectivity index (χ4v) is 4.05. The third-order valence-electron chi connectivity index (χ3n) is 5.60. The number of benzene rings is 1. The van der Waals surface area contributed by atoms with Gasteiger partial charge in [0.15, 0.2) is 0 Å². The van der Waals surface area contributed by atoms with Gasteiger partial charge in [0.05, 0.1) is 41.0 Å². The van der Waals surface area contributed by atoms with E-state index in [9.17, 15) is 0 Å². The number of pyridine rings is 1. The summed E-state index contributed by atoms with van der Waals surface area (Å²) in [5, 5.41) is 13.7. The van der Waals surface area contributed by atoms with Crippen molar-refractivity contribution in [2.24, 2.45) is 0 Å². The zero-order chi connectivity index (χ0) is 19.1. The number of anilines is 1. The van der Waals surface area contributed by atoms with Crippen LogP contribution in [0.2, 0.25) is 0 Å². The minimum atomic E-state index is 0.343. The molecule has 4 heterocycles. The second-order valence-electron chi connectivity index (χ2n) is 7.27. The fourth-order valence-electron chi connectivity index (χ4n) is 4.05. The standard InChI is InChI=1S/C20H23N7O/c1-28-14-5-7-26(12-14)8-9-27-19-15-3-2-13(17-4-6-22-25-17)10-18(15)24-20(21)16(19)11-23-27/h2-4,6,10-11,14H,5,7-9,12H2,1H3,(H2,21,24)(H,22,25). The molecule has 28 heavy (non-hydrogen) atoms. The predicted octanol–water partition coefficient (Wildman–Crippen LogP) is 2.28. The molecule has 3 N–H and O–H groups in total. The Morgan fingerprint density at radius 2 is 2.18 bits per heavy atom. The third-order valence-corrected chi connectivity index (χ3v) is 5.60. The number of hydrogen-bond donors (Lipinski definition) is 2. The molecule has 1 unspecified atom stereocenters. The van der Waals surface area contributed by atoms with Crippen LogP contribution in [0.15, 0.2) is 36.7 Å². The molecule has 5 rings (SSSR count). The monoisotopic (exact) mass is 377 g/mol. The molecular formula is C20H23N7O. The first kappa shape index (κ1) is 17.2. The summed E-state index contributed by atoms with van der Waals surface area (Å²) < 4.78 is 7.51. The molecule has 144 valence electrons. The van der Waals surface area contributed by atoms with Gasteiger partial charge >= 0.3 is 0 Å². The molecular weight excluding hydrogens is 354 g/mol. The number of nitrogens with two attached hydrogens (primary N) is 1. The van der Waals surface area contributed by atoms with Crippen LogP contribution < -0.4 is 5.73 Å². The Kier molecular flexibility index (Phi) is 4.22. The van der Waals surface area contributed by atoms with Crippen LogP contribution in [0.5, 0.6) is 0 Å². The van der Waals surface area contributed by atoms with Crippen LogP contribution in [-0.4, -0.2) is 62.7 Å². The van der Waals surface area contributed by atoms with E-state index >= 15 is 0 Å². The quantitative estimate of drug-likeness (QED) is 0.554. The zero-order valence-corrected chi connectivity index (χ0v) is 15.8. The minimum absolute atomic E-state index is 0.343. The topological polar surface area (TPSA) is 97.9 Å². The first-order valence-corrected chi connectivity index (χ1v) is 9.53. The molecule has 0 aliphatic carbocycles. The fraction of sp³-hybridized carbons (Fsp3) is 0.350. The molecule has 3 aromatic heterocycles. The van der Waals surface area contributed by atoms with Crippen molar-refractivity contribution < 1.29 is 4.74 Å². The summed E-state index contributed by atoms with van der Waals surface area (Å²) in [6, 6.07) is 8.12. The lowest BCUT2D eigenvalue weighted by Crippen LogP contribution is -2.27. The van der Waals surface area contributed by atoms with Crippen LogP contribution in [0.4, 0.5) is 5.82 Å². The number of likely N-dealkylation sites (tertiary alicyclic amines) is 1. The Labute approximate surface area is 162 Å². The van der Waals surface area contributed by atoms with Crippen molar-refractivity contribution in [2.45, 2.75) is 19.1 Å². The molecule has 8 nitrogen and oxygen atoms in total. The molecule has 0 amide bonds. The van der Waals surface area contributed by atoms with E-state index in [1.54, 1.807) is 7.11 Å². The van der Waals surface area contributed by atoms with Crippen molar-refractivity contribution in [1.29, 1.82) is 0 Å². The van der Waals surface area contributed by atoms with Crippen molar-refractivity contribution in [1.82, 2.24) is 29.9 Å². The van der Waals surface area contributed by atoms with Gasteiger partial charge in [-0.25, -0.2) is 4.98 Å². The lowest BCUT2D eigenvalue weighted by Gasteiger charge is -2.16. The van der Waals surface area contributed by atoms with Crippen LogP contribution in [0.1, 0.15) is 6.42 Å². The molecule has 1 fully saturated rings. The summed E-state index contributed by atoms with van der Waals surface area (Å²) in [4.78, 5) is 7.03. The summed E-state index contributed by atoms with van der Waals surface area (Å²) in [6.07, 6.45) is 5.06. The largest absolute Gasteiger partial charge is 0.383 e. The van der Waals surface area contributed by atoms with Gasteiger partial charge in [0.25, 0.3) is 0 Å². The highest BCUT2D eigenvalue weighted by Gasteiger charge is 2.22. The summed E-state index contributed by atoms with van der Waals surface area (Å²) in [5.41, 5.74) is 10.0. The van der Waals surface area contributed by atoms with Crippen molar-refractivity contribution in [3.63, 3.8) is 0 Å². The average molecular weight is 377 g/mol. The Bertz CT molecular complexity index is 1120. The van der Waals surface area contributed by atoms with Crippen LogP contribution >= 0.6 is 0 Å². The van der Waals surface area contributed by atoms with Crippen LogP contribution in [0.25, 0.3) is 33.1 Å². The number of nitrogens with one attached hydrogen (secondary N) is 1. The van der Waals surface area contributed by atoms with E-state index in [4.69, 9.17) is 10.5 Å². The van der Waals surface area contributed by atoms with E-state index in [0.29, 0.717) is 11.9 Å².